The highest BCUT2D eigenvalue weighted by atomic mass is 16.5. The van der Waals surface area contributed by atoms with Crippen molar-refractivity contribution < 1.29 is 4.74 Å². The molecular weight excluding hydrogens is 246 g/mol. The van der Waals surface area contributed by atoms with E-state index >= 15 is 0 Å². The zero-order chi connectivity index (χ0) is 14.8. The Kier molecular flexibility index (Phi) is 4.15. The molecule has 20 heavy (non-hydrogen) atoms. The van der Waals surface area contributed by atoms with Gasteiger partial charge in [0, 0.05) is 12.1 Å². The average Bonchev–Trinajstić information content (AvgIpc) is 2.40. The van der Waals surface area contributed by atoms with Crippen LogP contribution in [-0.2, 0) is 12.0 Å². The van der Waals surface area contributed by atoms with Crippen LogP contribution in [0.3, 0.4) is 0 Å². The van der Waals surface area contributed by atoms with Gasteiger partial charge in [-0.2, -0.15) is 0 Å². The SMILES string of the molecule is Cc1cccc(C(C)(C)C)c1Oc1ccc(CN)cc1. The smallest absolute Gasteiger partial charge is 0.134 e. The Bertz CT molecular complexity index is 579. The fourth-order valence-corrected chi connectivity index (χ4v) is 2.19. The van der Waals surface area contributed by atoms with Gasteiger partial charge < -0.3 is 10.5 Å². The fraction of sp³-hybridized carbons (Fsp3) is 0.333. The third-order valence-electron chi connectivity index (χ3n) is 3.40. The molecule has 0 heterocycles. The van der Waals surface area contributed by atoms with Crippen molar-refractivity contribution in [1.29, 1.82) is 0 Å². The Morgan fingerprint density at radius 1 is 1.00 bits per heavy atom. The van der Waals surface area contributed by atoms with Crippen molar-refractivity contribution in [3.63, 3.8) is 0 Å². The summed E-state index contributed by atoms with van der Waals surface area (Å²) in [5.74, 6) is 1.81. The van der Waals surface area contributed by atoms with E-state index in [4.69, 9.17) is 10.5 Å². The van der Waals surface area contributed by atoms with Crippen molar-refractivity contribution in [2.24, 2.45) is 5.73 Å². The maximum Gasteiger partial charge on any atom is 0.134 e. The number of rotatable bonds is 3. The van der Waals surface area contributed by atoms with Gasteiger partial charge >= 0.3 is 0 Å². The molecule has 0 radical (unpaired) electrons. The van der Waals surface area contributed by atoms with Crippen LogP contribution in [0.1, 0.15) is 37.5 Å². The molecule has 0 aromatic heterocycles. The number of aryl methyl sites for hydroxylation is 1. The normalized spacial score (nSPS) is 11.4. The average molecular weight is 269 g/mol. The first-order valence-corrected chi connectivity index (χ1v) is 6.99. The molecule has 0 fully saturated rings. The van der Waals surface area contributed by atoms with Gasteiger partial charge in [0.1, 0.15) is 11.5 Å². The van der Waals surface area contributed by atoms with Crippen LogP contribution in [0.25, 0.3) is 0 Å². The van der Waals surface area contributed by atoms with Gasteiger partial charge in [-0.3, -0.25) is 0 Å². The van der Waals surface area contributed by atoms with Crippen LogP contribution in [0.4, 0.5) is 0 Å². The molecule has 0 unspecified atom stereocenters. The molecule has 2 rings (SSSR count). The van der Waals surface area contributed by atoms with E-state index in [1.165, 1.54) is 5.56 Å². The zero-order valence-electron chi connectivity index (χ0n) is 12.7. The summed E-state index contributed by atoms with van der Waals surface area (Å²) in [5, 5.41) is 0. The number of benzene rings is 2. The summed E-state index contributed by atoms with van der Waals surface area (Å²) in [6, 6.07) is 14.3. The molecule has 2 N–H and O–H groups in total. The van der Waals surface area contributed by atoms with Crippen LogP contribution in [0.2, 0.25) is 0 Å². The molecule has 2 nitrogen and oxygen atoms in total. The molecule has 0 bridgehead atoms. The molecule has 0 atom stereocenters. The molecule has 0 aliphatic rings. The van der Waals surface area contributed by atoms with Crippen LogP contribution >= 0.6 is 0 Å². The first-order chi connectivity index (χ1) is 9.41. The lowest BCUT2D eigenvalue weighted by atomic mass is 9.85. The Morgan fingerprint density at radius 2 is 1.65 bits per heavy atom. The topological polar surface area (TPSA) is 35.2 Å². The first kappa shape index (κ1) is 14.6. The van der Waals surface area contributed by atoms with E-state index in [0.717, 1.165) is 22.6 Å². The van der Waals surface area contributed by atoms with Gasteiger partial charge in [0.2, 0.25) is 0 Å². The van der Waals surface area contributed by atoms with Gasteiger partial charge in [-0.05, 0) is 35.6 Å². The third kappa shape index (κ3) is 3.20. The molecule has 0 saturated carbocycles. The first-order valence-electron chi connectivity index (χ1n) is 6.99. The third-order valence-corrected chi connectivity index (χ3v) is 3.40. The lowest BCUT2D eigenvalue weighted by molar-refractivity contribution is 0.451. The van der Waals surface area contributed by atoms with E-state index in [1.54, 1.807) is 0 Å². The van der Waals surface area contributed by atoms with Gasteiger partial charge in [-0.15, -0.1) is 0 Å². The molecule has 2 aromatic carbocycles. The molecule has 0 saturated heterocycles. The van der Waals surface area contributed by atoms with Crippen molar-refractivity contribution in [2.45, 2.75) is 39.7 Å². The molecule has 106 valence electrons. The lowest BCUT2D eigenvalue weighted by Crippen LogP contribution is -2.13. The summed E-state index contributed by atoms with van der Waals surface area (Å²) < 4.78 is 6.13. The number of hydrogen-bond donors (Lipinski definition) is 1. The zero-order valence-corrected chi connectivity index (χ0v) is 12.7. The monoisotopic (exact) mass is 269 g/mol. The van der Waals surface area contributed by atoms with Gasteiger partial charge in [-0.1, -0.05) is 51.1 Å². The lowest BCUT2D eigenvalue weighted by Gasteiger charge is -2.24. The van der Waals surface area contributed by atoms with Gasteiger partial charge in [0.05, 0.1) is 0 Å². The van der Waals surface area contributed by atoms with Gasteiger partial charge in [0.15, 0.2) is 0 Å². The number of nitrogens with two attached hydrogens (primary N) is 1. The molecular formula is C18H23NO. The standard InChI is InChI=1S/C18H23NO/c1-13-6-5-7-16(18(2,3)4)17(13)20-15-10-8-14(12-19)9-11-15/h5-11H,12,19H2,1-4H3. The summed E-state index contributed by atoms with van der Waals surface area (Å²) >= 11 is 0. The van der Waals surface area contributed by atoms with Crippen LogP contribution in [0.5, 0.6) is 11.5 Å². The van der Waals surface area contributed by atoms with E-state index in [2.05, 4.69) is 45.9 Å². The second-order valence-corrected chi connectivity index (χ2v) is 6.15. The largest absolute Gasteiger partial charge is 0.457 e. The van der Waals surface area contributed by atoms with Crippen molar-refractivity contribution in [1.82, 2.24) is 0 Å². The van der Waals surface area contributed by atoms with Crippen LogP contribution in [-0.4, -0.2) is 0 Å². The van der Waals surface area contributed by atoms with E-state index in [9.17, 15) is 0 Å². The Labute approximate surface area is 121 Å². The minimum absolute atomic E-state index is 0.0541. The number of para-hydroxylation sites is 1. The summed E-state index contributed by atoms with van der Waals surface area (Å²) in [4.78, 5) is 0. The van der Waals surface area contributed by atoms with Crippen molar-refractivity contribution >= 4 is 0 Å². The summed E-state index contributed by atoms with van der Waals surface area (Å²) in [7, 11) is 0. The van der Waals surface area contributed by atoms with E-state index in [0.29, 0.717) is 6.54 Å². The number of hydrogen-bond acceptors (Lipinski definition) is 2. The highest BCUT2D eigenvalue weighted by Crippen LogP contribution is 2.36. The second-order valence-electron chi connectivity index (χ2n) is 6.15. The van der Waals surface area contributed by atoms with Crippen LogP contribution < -0.4 is 10.5 Å². The predicted molar refractivity (Wildman–Crippen MR) is 84.3 cm³/mol. The molecule has 2 heteroatoms. The van der Waals surface area contributed by atoms with E-state index < -0.39 is 0 Å². The quantitative estimate of drug-likeness (QED) is 0.887. The van der Waals surface area contributed by atoms with Crippen LogP contribution in [0.15, 0.2) is 42.5 Å². The Morgan fingerprint density at radius 3 is 2.20 bits per heavy atom. The highest BCUT2D eigenvalue weighted by Gasteiger charge is 2.20. The molecule has 0 aliphatic carbocycles. The number of ether oxygens (including phenoxy) is 1. The van der Waals surface area contributed by atoms with Crippen molar-refractivity contribution in [2.75, 3.05) is 0 Å². The van der Waals surface area contributed by atoms with Gasteiger partial charge in [-0.25, -0.2) is 0 Å². The highest BCUT2D eigenvalue weighted by molar-refractivity contribution is 5.47. The maximum atomic E-state index is 6.13. The minimum atomic E-state index is 0.0541. The summed E-state index contributed by atoms with van der Waals surface area (Å²) in [6.07, 6.45) is 0. The van der Waals surface area contributed by atoms with E-state index in [-0.39, 0.29) is 5.41 Å². The van der Waals surface area contributed by atoms with E-state index in [1.807, 2.05) is 24.3 Å². The Balaban J connectivity index is 2.37. The van der Waals surface area contributed by atoms with Crippen molar-refractivity contribution in [3.8, 4) is 11.5 Å². The van der Waals surface area contributed by atoms with Crippen molar-refractivity contribution in [3.05, 3.63) is 59.2 Å². The second kappa shape index (κ2) is 5.68. The molecule has 2 aromatic rings. The van der Waals surface area contributed by atoms with Crippen LogP contribution in [0, 0.1) is 6.92 Å². The fourth-order valence-electron chi connectivity index (χ4n) is 2.19. The summed E-state index contributed by atoms with van der Waals surface area (Å²) in [6.45, 7) is 9.24. The molecule has 0 spiro atoms. The van der Waals surface area contributed by atoms with Gasteiger partial charge in [0.25, 0.3) is 0 Å². The molecule has 0 amide bonds. The predicted octanol–water partition coefficient (Wildman–Crippen LogP) is 4.54. The summed E-state index contributed by atoms with van der Waals surface area (Å²) in [5.41, 5.74) is 9.16. The minimum Gasteiger partial charge on any atom is -0.457 e. The maximum absolute atomic E-state index is 6.13. The Hall–Kier alpha value is -1.80. The molecule has 0 aliphatic heterocycles.